The fourth-order valence-electron chi connectivity index (χ4n) is 8.09. The van der Waals surface area contributed by atoms with Gasteiger partial charge < -0.3 is 28.4 Å². The van der Waals surface area contributed by atoms with Crippen LogP contribution in [0.15, 0.2) is 42.5 Å². The Labute approximate surface area is 341 Å². The second-order valence-corrected chi connectivity index (χ2v) is 16.1. The van der Waals surface area contributed by atoms with Crippen molar-refractivity contribution in [2.24, 2.45) is 11.8 Å². The predicted molar refractivity (Wildman–Crippen MR) is 237 cm³/mol. The van der Waals surface area contributed by atoms with Crippen molar-refractivity contribution in [1.29, 1.82) is 0 Å². The fraction of sp³-hybridized carbons (Fsp3) is 0.520. The van der Waals surface area contributed by atoms with E-state index in [0.29, 0.717) is 11.8 Å². The van der Waals surface area contributed by atoms with Gasteiger partial charge in [-0.05, 0) is 151 Å². The Morgan fingerprint density at radius 3 is 1.30 bits per heavy atom. The van der Waals surface area contributed by atoms with E-state index < -0.39 is 0 Å². The van der Waals surface area contributed by atoms with Crippen LogP contribution in [0.4, 0.5) is 0 Å². The summed E-state index contributed by atoms with van der Waals surface area (Å²) < 4.78 is 34.7. The number of rotatable bonds is 14. The molecule has 0 radical (unpaired) electrons. The first-order valence-corrected chi connectivity index (χ1v) is 19.8. The molecule has 6 nitrogen and oxygen atoms in total. The van der Waals surface area contributed by atoms with Crippen molar-refractivity contribution in [2.75, 3.05) is 28.4 Å². The highest BCUT2D eigenvalue weighted by atomic mass is 16.5. The molecule has 2 atom stereocenters. The third-order valence-electron chi connectivity index (χ3n) is 11.0. The summed E-state index contributed by atoms with van der Waals surface area (Å²) in [5, 5.41) is 0. The van der Waals surface area contributed by atoms with Crippen LogP contribution in [-0.2, 0) is 0 Å². The predicted octanol–water partition coefficient (Wildman–Crippen LogP) is 13.4. The van der Waals surface area contributed by atoms with E-state index in [-0.39, 0.29) is 31.5 Å². The van der Waals surface area contributed by atoms with Gasteiger partial charge in [-0.2, -0.15) is 0 Å². The number of hydrogen-bond donors (Lipinski definition) is 0. The largest absolute Gasteiger partial charge is 0.497 e. The van der Waals surface area contributed by atoms with E-state index in [1.54, 1.807) is 28.4 Å². The average molecular weight is 771 g/mol. The van der Waals surface area contributed by atoms with Crippen LogP contribution < -0.4 is 28.4 Å². The molecule has 6 heteroatoms. The van der Waals surface area contributed by atoms with E-state index in [1.165, 1.54) is 55.6 Å². The molecule has 0 spiro atoms. The summed E-state index contributed by atoms with van der Waals surface area (Å²) in [6.07, 6.45) is 0.329. The summed E-state index contributed by atoms with van der Waals surface area (Å²) >= 11 is 0. The molecular formula is C50H74O6. The van der Waals surface area contributed by atoms with Gasteiger partial charge in [0.25, 0.3) is 0 Å². The van der Waals surface area contributed by atoms with Gasteiger partial charge in [0.05, 0.1) is 40.6 Å². The van der Waals surface area contributed by atoms with Gasteiger partial charge >= 0.3 is 0 Å². The Balaban J connectivity index is 0.000000392. The number of ether oxygens (including phenoxy) is 6. The lowest BCUT2D eigenvalue weighted by molar-refractivity contribution is 0.238. The summed E-state index contributed by atoms with van der Waals surface area (Å²) in [4.78, 5) is 0. The zero-order valence-corrected chi connectivity index (χ0v) is 37.5. The molecule has 56 heavy (non-hydrogen) atoms. The second kappa shape index (κ2) is 20.7. The molecule has 2 unspecified atom stereocenters. The van der Waals surface area contributed by atoms with Crippen LogP contribution in [0, 0.1) is 60.3 Å². The van der Waals surface area contributed by atoms with Crippen molar-refractivity contribution in [1.82, 2.24) is 0 Å². The van der Waals surface area contributed by atoms with Crippen LogP contribution in [0.3, 0.4) is 0 Å². The quantitative estimate of drug-likeness (QED) is 0.127. The van der Waals surface area contributed by atoms with Gasteiger partial charge in [0.1, 0.15) is 34.5 Å². The normalized spacial score (nSPS) is 12.2. The van der Waals surface area contributed by atoms with Crippen molar-refractivity contribution in [3.05, 3.63) is 104 Å². The SMILES string of the molecule is C.COc1c(C)c(C)c(C(c2c(C)c(C)c(OC(C)C)c(C)c2C)C(C)C)c(OC)c1C.COc1ccc(C(c2ccc(OC(C)C)cc2)C(C)C)c(OC)c1. The number of methoxy groups -OCH3 is 4. The van der Waals surface area contributed by atoms with Crippen molar-refractivity contribution in [3.8, 4) is 34.5 Å². The van der Waals surface area contributed by atoms with Crippen molar-refractivity contribution >= 4 is 0 Å². The molecule has 0 amide bonds. The van der Waals surface area contributed by atoms with E-state index in [4.69, 9.17) is 28.4 Å². The molecular weight excluding hydrogens is 697 g/mol. The Kier molecular flexibility index (Phi) is 17.7. The summed E-state index contributed by atoms with van der Waals surface area (Å²) in [7, 11) is 6.88. The van der Waals surface area contributed by atoms with E-state index in [2.05, 4.69) is 108 Å². The van der Waals surface area contributed by atoms with E-state index in [9.17, 15) is 0 Å². The summed E-state index contributed by atoms with van der Waals surface area (Å²) in [6, 6.07) is 14.4. The van der Waals surface area contributed by atoms with Crippen molar-refractivity contribution < 1.29 is 28.4 Å². The lowest BCUT2D eigenvalue weighted by atomic mass is 9.74. The van der Waals surface area contributed by atoms with Crippen LogP contribution >= 0.6 is 0 Å². The number of hydrogen-bond acceptors (Lipinski definition) is 6. The topological polar surface area (TPSA) is 55.4 Å². The van der Waals surface area contributed by atoms with Gasteiger partial charge in [0, 0.05) is 34.6 Å². The Hall–Kier alpha value is -4.32. The minimum atomic E-state index is 0. The molecule has 0 aliphatic carbocycles. The first-order valence-electron chi connectivity index (χ1n) is 19.8. The van der Waals surface area contributed by atoms with E-state index in [1.807, 2.05) is 38.1 Å². The zero-order valence-electron chi connectivity index (χ0n) is 37.5. The smallest absolute Gasteiger partial charge is 0.129 e. The van der Waals surface area contributed by atoms with Crippen molar-refractivity contribution in [2.45, 2.75) is 135 Å². The van der Waals surface area contributed by atoms with Gasteiger partial charge in [0.15, 0.2) is 0 Å². The number of benzene rings is 4. The monoisotopic (exact) mass is 771 g/mol. The van der Waals surface area contributed by atoms with Gasteiger partial charge in [-0.1, -0.05) is 53.3 Å². The molecule has 0 saturated heterocycles. The lowest BCUT2D eigenvalue weighted by Gasteiger charge is -2.33. The van der Waals surface area contributed by atoms with Gasteiger partial charge in [-0.15, -0.1) is 0 Å². The second-order valence-electron chi connectivity index (χ2n) is 16.1. The van der Waals surface area contributed by atoms with Crippen molar-refractivity contribution in [3.63, 3.8) is 0 Å². The van der Waals surface area contributed by atoms with Gasteiger partial charge in [-0.3, -0.25) is 0 Å². The summed E-state index contributed by atoms with van der Waals surface area (Å²) in [6.45, 7) is 32.6. The third kappa shape index (κ3) is 10.3. The molecule has 310 valence electrons. The highest BCUT2D eigenvalue weighted by Gasteiger charge is 2.32. The highest BCUT2D eigenvalue weighted by Crippen LogP contribution is 2.49. The molecule has 0 fully saturated rings. The lowest BCUT2D eigenvalue weighted by Crippen LogP contribution is -2.18. The van der Waals surface area contributed by atoms with Crippen LogP contribution in [0.25, 0.3) is 0 Å². The Morgan fingerprint density at radius 1 is 0.411 bits per heavy atom. The molecule has 0 bridgehead atoms. The van der Waals surface area contributed by atoms with E-state index in [0.717, 1.165) is 40.1 Å². The first-order chi connectivity index (χ1) is 25.9. The highest BCUT2D eigenvalue weighted by molar-refractivity contribution is 5.64. The van der Waals surface area contributed by atoms with E-state index >= 15 is 0 Å². The van der Waals surface area contributed by atoms with Crippen LogP contribution in [-0.4, -0.2) is 40.6 Å². The molecule has 0 N–H and O–H groups in total. The maximum Gasteiger partial charge on any atom is 0.129 e. The summed E-state index contributed by atoms with van der Waals surface area (Å²) in [5.74, 6) is 6.74. The van der Waals surface area contributed by atoms with Crippen LogP contribution in [0.2, 0.25) is 0 Å². The minimum Gasteiger partial charge on any atom is -0.497 e. The third-order valence-corrected chi connectivity index (χ3v) is 11.0. The fourth-order valence-corrected chi connectivity index (χ4v) is 8.09. The zero-order chi connectivity index (χ0) is 41.5. The average Bonchev–Trinajstić information content (AvgIpc) is 3.13. The maximum atomic E-state index is 6.23. The molecule has 4 aromatic rings. The molecule has 4 rings (SSSR count). The van der Waals surface area contributed by atoms with Gasteiger partial charge in [-0.25, -0.2) is 0 Å². The molecule has 0 aliphatic heterocycles. The first kappa shape index (κ1) is 47.8. The minimum absolute atomic E-state index is 0. The van der Waals surface area contributed by atoms with Gasteiger partial charge in [0.2, 0.25) is 0 Å². The standard InChI is InChI=1S/C28H42O3.C21H28O3.CH4/c1-14(2)23(25-18(7)19(8)26(29-12)22(11)28(25)30-13)24-16(5)20(9)27(31-15(3)4)21(10)17(24)6;1-14(2)21(16-7-9-17(10-8-16)24-15(3)4)19-12-11-18(22-5)13-20(19)23-6;/h14-15,23H,1-13H3;7-15,21H,1-6H3;1H4. The molecule has 0 saturated carbocycles. The molecule has 0 aliphatic rings. The Morgan fingerprint density at radius 2 is 0.875 bits per heavy atom. The molecule has 0 aromatic heterocycles. The Bertz CT molecular complexity index is 1850. The maximum absolute atomic E-state index is 6.23. The molecule has 4 aromatic carbocycles. The summed E-state index contributed by atoms with van der Waals surface area (Å²) in [5.41, 5.74) is 13.7. The van der Waals surface area contributed by atoms with Crippen LogP contribution in [0.1, 0.15) is 136 Å². The van der Waals surface area contributed by atoms with Crippen LogP contribution in [0.5, 0.6) is 34.5 Å². The molecule has 0 heterocycles.